The standard InChI is InChI=1S/C20H23ClN4O3S/c21-16-3-1-2-4-17(16)23-18(26)13-24-8-10-25(11-9-24)19(27)5-7-22-20(28)15-6-12-29-14-15/h1-4,6,12,14H,5,7-11,13H2,(H,22,28)(H,23,26). The van der Waals surface area contributed by atoms with Gasteiger partial charge in [0.2, 0.25) is 11.8 Å². The van der Waals surface area contributed by atoms with Gasteiger partial charge in [0, 0.05) is 50.1 Å². The summed E-state index contributed by atoms with van der Waals surface area (Å²) in [6.45, 7) is 2.96. The summed E-state index contributed by atoms with van der Waals surface area (Å²) in [5.74, 6) is -0.279. The molecule has 0 aliphatic carbocycles. The summed E-state index contributed by atoms with van der Waals surface area (Å²) in [7, 11) is 0. The van der Waals surface area contributed by atoms with Gasteiger partial charge in [-0.25, -0.2) is 0 Å². The zero-order valence-corrected chi connectivity index (χ0v) is 17.5. The highest BCUT2D eigenvalue weighted by Gasteiger charge is 2.22. The van der Waals surface area contributed by atoms with Crippen molar-refractivity contribution in [2.45, 2.75) is 6.42 Å². The van der Waals surface area contributed by atoms with Crippen molar-refractivity contribution < 1.29 is 14.4 Å². The summed E-state index contributed by atoms with van der Waals surface area (Å²) in [4.78, 5) is 40.2. The zero-order valence-electron chi connectivity index (χ0n) is 15.9. The number of nitrogens with one attached hydrogen (secondary N) is 2. The molecule has 1 aromatic heterocycles. The van der Waals surface area contributed by atoms with Gasteiger partial charge in [-0.2, -0.15) is 11.3 Å². The molecule has 2 aromatic rings. The number of carbonyl (C=O) groups excluding carboxylic acids is 3. The van der Waals surface area contributed by atoms with Crippen molar-refractivity contribution >= 4 is 46.3 Å². The lowest BCUT2D eigenvalue weighted by Gasteiger charge is -2.34. The summed E-state index contributed by atoms with van der Waals surface area (Å²) in [5, 5.41) is 9.69. The lowest BCUT2D eigenvalue weighted by Crippen LogP contribution is -2.50. The van der Waals surface area contributed by atoms with E-state index >= 15 is 0 Å². The molecule has 7 nitrogen and oxygen atoms in total. The highest BCUT2D eigenvalue weighted by Crippen LogP contribution is 2.20. The van der Waals surface area contributed by atoms with Crippen LogP contribution in [0.5, 0.6) is 0 Å². The van der Waals surface area contributed by atoms with Gasteiger partial charge in [0.1, 0.15) is 0 Å². The molecule has 1 fully saturated rings. The van der Waals surface area contributed by atoms with Crippen molar-refractivity contribution in [3.8, 4) is 0 Å². The number of thiophene rings is 1. The summed E-state index contributed by atoms with van der Waals surface area (Å²) < 4.78 is 0. The number of piperazine rings is 1. The minimum atomic E-state index is -0.159. The molecule has 1 saturated heterocycles. The number of rotatable bonds is 7. The number of halogens is 1. The molecule has 29 heavy (non-hydrogen) atoms. The summed E-state index contributed by atoms with van der Waals surface area (Å²) in [6, 6.07) is 8.86. The van der Waals surface area contributed by atoms with E-state index < -0.39 is 0 Å². The van der Waals surface area contributed by atoms with E-state index in [2.05, 4.69) is 10.6 Å². The van der Waals surface area contributed by atoms with E-state index in [1.54, 1.807) is 28.5 Å². The molecule has 2 N–H and O–H groups in total. The van der Waals surface area contributed by atoms with Gasteiger partial charge in [0.15, 0.2) is 0 Å². The van der Waals surface area contributed by atoms with E-state index in [4.69, 9.17) is 11.6 Å². The molecule has 0 saturated carbocycles. The topological polar surface area (TPSA) is 81.8 Å². The fourth-order valence-electron chi connectivity index (χ4n) is 3.05. The molecule has 0 atom stereocenters. The Kier molecular flexibility index (Phi) is 7.62. The molecule has 3 amide bonds. The lowest BCUT2D eigenvalue weighted by atomic mass is 10.2. The minimum Gasteiger partial charge on any atom is -0.351 e. The number of amides is 3. The Hall–Kier alpha value is -2.42. The van der Waals surface area contributed by atoms with Gasteiger partial charge in [-0.3, -0.25) is 19.3 Å². The van der Waals surface area contributed by atoms with Crippen LogP contribution in [0.15, 0.2) is 41.1 Å². The van der Waals surface area contributed by atoms with Crippen LogP contribution in [0.3, 0.4) is 0 Å². The number of nitrogens with zero attached hydrogens (tertiary/aromatic N) is 2. The van der Waals surface area contributed by atoms with Gasteiger partial charge in [0.25, 0.3) is 5.91 Å². The summed E-state index contributed by atoms with van der Waals surface area (Å²) in [5.41, 5.74) is 1.21. The number of hydrogen-bond donors (Lipinski definition) is 2. The van der Waals surface area contributed by atoms with E-state index in [1.165, 1.54) is 11.3 Å². The Labute approximate surface area is 178 Å². The third kappa shape index (κ3) is 6.28. The Morgan fingerprint density at radius 2 is 1.83 bits per heavy atom. The van der Waals surface area contributed by atoms with E-state index in [9.17, 15) is 14.4 Å². The third-order valence-corrected chi connectivity index (χ3v) is 5.66. The normalized spacial score (nSPS) is 14.4. The first-order chi connectivity index (χ1) is 14.0. The summed E-state index contributed by atoms with van der Waals surface area (Å²) in [6.07, 6.45) is 0.267. The Balaban J connectivity index is 1.35. The van der Waals surface area contributed by atoms with Crippen molar-refractivity contribution in [2.24, 2.45) is 0 Å². The van der Waals surface area contributed by atoms with Crippen LogP contribution in [0.2, 0.25) is 5.02 Å². The van der Waals surface area contributed by atoms with Crippen molar-refractivity contribution in [3.63, 3.8) is 0 Å². The number of anilines is 1. The van der Waals surface area contributed by atoms with E-state index in [0.29, 0.717) is 49.0 Å². The fraction of sp³-hybridized carbons (Fsp3) is 0.350. The van der Waals surface area contributed by atoms with Gasteiger partial charge in [-0.15, -0.1) is 0 Å². The second-order valence-corrected chi connectivity index (χ2v) is 7.89. The van der Waals surface area contributed by atoms with Gasteiger partial charge in [0.05, 0.1) is 17.3 Å². The molecule has 2 heterocycles. The van der Waals surface area contributed by atoms with E-state index in [0.717, 1.165) is 0 Å². The van der Waals surface area contributed by atoms with Crippen LogP contribution in [0.25, 0.3) is 0 Å². The maximum atomic E-state index is 12.3. The van der Waals surface area contributed by atoms with Crippen molar-refractivity contribution in [2.75, 3.05) is 44.6 Å². The van der Waals surface area contributed by atoms with Crippen molar-refractivity contribution in [1.82, 2.24) is 15.1 Å². The van der Waals surface area contributed by atoms with Gasteiger partial charge < -0.3 is 15.5 Å². The Morgan fingerprint density at radius 3 is 2.52 bits per heavy atom. The van der Waals surface area contributed by atoms with Crippen molar-refractivity contribution in [1.29, 1.82) is 0 Å². The Morgan fingerprint density at radius 1 is 1.07 bits per heavy atom. The van der Waals surface area contributed by atoms with Crippen LogP contribution in [0.1, 0.15) is 16.8 Å². The lowest BCUT2D eigenvalue weighted by molar-refractivity contribution is -0.132. The average molecular weight is 435 g/mol. The number of benzene rings is 1. The van der Waals surface area contributed by atoms with Crippen LogP contribution < -0.4 is 10.6 Å². The first kappa shape index (κ1) is 21.3. The molecular formula is C20H23ClN4O3S. The second kappa shape index (κ2) is 10.4. The van der Waals surface area contributed by atoms with Crippen LogP contribution in [0, 0.1) is 0 Å². The largest absolute Gasteiger partial charge is 0.351 e. The van der Waals surface area contributed by atoms with Crippen LogP contribution in [-0.2, 0) is 9.59 Å². The van der Waals surface area contributed by atoms with Gasteiger partial charge >= 0.3 is 0 Å². The molecule has 0 unspecified atom stereocenters. The number of carbonyl (C=O) groups is 3. The smallest absolute Gasteiger partial charge is 0.252 e. The fourth-order valence-corrected chi connectivity index (χ4v) is 3.87. The molecule has 1 aromatic carbocycles. The predicted molar refractivity (Wildman–Crippen MR) is 114 cm³/mol. The van der Waals surface area contributed by atoms with Crippen LogP contribution >= 0.6 is 22.9 Å². The minimum absolute atomic E-state index is 0.00999. The number of hydrogen-bond acceptors (Lipinski definition) is 5. The maximum absolute atomic E-state index is 12.3. The molecule has 154 valence electrons. The summed E-state index contributed by atoms with van der Waals surface area (Å²) >= 11 is 7.52. The van der Waals surface area contributed by atoms with Crippen LogP contribution in [-0.4, -0.2) is 66.8 Å². The molecular weight excluding hydrogens is 412 g/mol. The monoisotopic (exact) mass is 434 g/mol. The first-order valence-corrected chi connectivity index (χ1v) is 10.7. The van der Waals surface area contributed by atoms with Crippen molar-refractivity contribution in [3.05, 3.63) is 51.7 Å². The van der Waals surface area contributed by atoms with Gasteiger partial charge in [-0.1, -0.05) is 23.7 Å². The molecule has 1 aliphatic rings. The molecule has 1 aliphatic heterocycles. The molecule has 0 bridgehead atoms. The third-order valence-electron chi connectivity index (χ3n) is 4.65. The van der Waals surface area contributed by atoms with Gasteiger partial charge in [-0.05, 0) is 23.6 Å². The maximum Gasteiger partial charge on any atom is 0.252 e. The quantitative estimate of drug-likeness (QED) is 0.700. The second-order valence-electron chi connectivity index (χ2n) is 6.70. The molecule has 9 heteroatoms. The zero-order chi connectivity index (χ0) is 20.6. The highest BCUT2D eigenvalue weighted by molar-refractivity contribution is 7.08. The SMILES string of the molecule is O=C(CN1CCN(C(=O)CCNC(=O)c2ccsc2)CC1)Nc1ccccc1Cl. The first-order valence-electron chi connectivity index (χ1n) is 9.38. The van der Waals surface area contributed by atoms with E-state index in [-0.39, 0.29) is 30.7 Å². The number of para-hydroxylation sites is 1. The average Bonchev–Trinajstić information content (AvgIpc) is 3.25. The molecule has 0 radical (unpaired) electrons. The molecule has 3 rings (SSSR count). The predicted octanol–water partition coefficient (Wildman–Crippen LogP) is 2.30. The molecule has 0 spiro atoms. The van der Waals surface area contributed by atoms with E-state index in [1.807, 2.05) is 22.4 Å². The highest BCUT2D eigenvalue weighted by atomic mass is 35.5. The van der Waals surface area contributed by atoms with Crippen LogP contribution in [0.4, 0.5) is 5.69 Å². The Bertz CT molecular complexity index is 851.